The Morgan fingerprint density at radius 2 is 1.58 bits per heavy atom. The van der Waals surface area contributed by atoms with E-state index in [0.717, 1.165) is 0 Å². The molecule has 0 aliphatic carbocycles. The van der Waals surface area contributed by atoms with Gasteiger partial charge >= 0.3 is 0 Å². The normalized spacial score (nSPS) is 10.3. The summed E-state index contributed by atoms with van der Waals surface area (Å²) in [5.74, 6) is 0.203. The second-order valence-electron chi connectivity index (χ2n) is 3.83. The Labute approximate surface area is 125 Å². The van der Waals surface area contributed by atoms with Crippen molar-refractivity contribution >= 4 is 40.6 Å². The van der Waals surface area contributed by atoms with Crippen molar-refractivity contribution in [1.82, 2.24) is 0 Å². The molecule has 5 heteroatoms. The number of benzene rings is 2. The zero-order chi connectivity index (χ0) is 14.0. The molecule has 0 atom stereocenters. The molecule has 98 valence electrons. The maximum atomic E-state index is 12.4. The Kier molecular flexibility index (Phi) is 4.35. The molecule has 0 fully saturated rings. The first-order valence-corrected chi connectivity index (χ1v) is 6.49. The zero-order valence-electron chi connectivity index (χ0n) is 9.91. The molecule has 2 aromatic rings. The van der Waals surface area contributed by atoms with E-state index >= 15 is 0 Å². The summed E-state index contributed by atoms with van der Waals surface area (Å²) in [7, 11) is 1.49. The summed E-state index contributed by atoms with van der Waals surface area (Å²) in [6.07, 6.45) is 0. The summed E-state index contributed by atoms with van der Waals surface area (Å²) in [6.45, 7) is 0. The number of carbonyl (C=O) groups excluding carboxylic acids is 1. The second-order valence-corrected chi connectivity index (χ2v) is 5.14. The Balaban J connectivity index is 2.52. The van der Waals surface area contributed by atoms with Crippen LogP contribution in [-0.2, 0) is 0 Å². The highest BCUT2D eigenvalue weighted by Crippen LogP contribution is 2.27. The average molecular weight is 316 g/mol. The van der Waals surface area contributed by atoms with Crippen LogP contribution in [0.5, 0.6) is 5.75 Å². The number of ether oxygens (including phenoxy) is 1. The minimum atomic E-state index is -0.247. The molecular formula is C14H9Cl3O2. The number of carbonyl (C=O) groups is 1. The van der Waals surface area contributed by atoms with Crippen LogP contribution in [0.3, 0.4) is 0 Å². The molecule has 0 amide bonds. The number of hydrogen-bond donors (Lipinski definition) is 0. The lowest BCUT2D eigenvalue weighted by atomic mass is 10.0. The van der Waals surface area contributed by atoms with E-state index < -0.39 is 0 Å². The molecule has 0 N–H and O–H groups in total. The first-order chi connectivity index (χ1) is 9.01. The van der Waals surface area contributed by atoms with Crippen LogP contribution in [0, 0.1) is 0 Å². The van der Waals surface area contributed by atoms with Crippen LogP contribution in [0.2, 0.25) is 15.1 Å². The quantitative estimate of drug-likeness (QED) is 0.754. The molecule has 0 aromatic heterocycles. The van der Waals surface area contributed by atoms with Gasteiger partial charge in [-0.3, -0.25) is 4.79 Å². The Hall–Kier alpha value is -1.22. The number of hydrogen-bond acceptors (Lipinski definition) is 2. The summed E-state index contributed by atoms with van der Waals surface area (Å²) in [5.41, 5.74) is 0.756. The van der Waals surface area contributed by atoms with E-state index in [-0.39, 0.29) is 5.78 Å². The van der Waals surface area contributed by atoms with Gasteiger partial charge in [-0.2, -0.15) is 0 Å². The molecule has 0 saturated heterocycles. The largest absolute Gasteiger partial charge is 0.496 e. The number of methoxy groups -OCH3 is 1. The van der Waals surface area contributed by atoms with E-state index in [2.05, 4.69) is 0 Å². The van der Waals surface area contributed by atoms with E-state index in [1.54, 1.807) is 36.4 Å². The molecule has 0 aliphatic heterocycles. The van der Waals surface area contributed by atoms with Crippen molar-refractivity contribution in [1.29, 1.82) is 0 Å². The van der Waals surface area contributed by atoms with Gasteiger partial charge in [-0.05, 0) is 36.4 Å². The average Bonchev–Trinajstić information content (AvgIpc) is 2.36. The van der Waals surface area contributed by atoms with E-state index in [0.29, 0.717) is 31.9 Å². The fourth-order valence-corrected chi connectivity index (χ4v) is 2.40. The Morgan fingerprint density at radius 1 is 0.947 bits per heavy atom. The van der Waals surface area contributed by atoms with Crippen LogP contribution < -0.4 is 4.74 Å². The summed E-state index contributed by atoms with van der Waals surface area (Å²) in [4.78, 5) is 12.4. The van der Waals surface area contributed by atoms with E-state index in [9.17, 15) is 4.79 Å². The van der Waals surface area contributed by atoms with Crippen molar-refractivity contribution in [3.8, 4) is 5.75 Å². The highest BCUT2D eigenvalue weighted by atomic mass is 35.5. The third-order valence-electron chi connectivity index (χ3n) is 2.53. The van der Waals surface area contributed by atoms with Gasteiger partial charge < -0.3 is 4.74 Å². The highest BCUT2D eigenvalue weighted by Gasteiger charge is 2.16. The van der Waals surface area contributed by atoms with E-state index in [1.807, 2.05) is 0 Å². The van der Waals surface area contributed by atoms with Crippen molar-refractivity contribution in [2.24, 2.45) is 0 Å². The third kappa shape index (κ3) is 3.21. The van der Waals surface area contributed by atoms with Gasteiger partial charge in [-0.25, -0.2) is 0 Å². The molecule has 19 heavy (non-hydrogen) atoms. The van der Waals surface area contributed by atoms with Crippen LogP contribution in [0.15, 0.2) is 36.4 Å². The van der Waals surface area contributed by atoms with Crippen molar-refractivity contribution in [2.45, 2.75) is 0 Å². The highest BCUT2D eigenvalue weighted by molar-refractivity contribution is 6.35. The smallest absolute Gasteiger partial charge is 0.196 e. The SMILES string of the molecule is COc1ccc(Cl)cc1C(=O)c1cc(Cl)cc(Cl)c1. The van der Waals surface area contributed by atoms with Gasteiger partial charge in [0.25, 0.3) is 0 Å². The van der Waals surface area contributed by atoms with Gasteiger partial charge in [0.15, 0.2) is 5.78 Å². The maximum absolute atomic E-state index is 12.4. The van der Waals surface area contributed by atoms with E-state index in [4.69, 9.17) is 39.5 Å². The number of rotatable bonds is 3. The van der Waals surface area contributed by atoms with Crippen molar-refractivity contribution < 1.29 is 9.53 Å². The third-order valence-corrected chi connectivity index (χ3v) is 3.20. The summed E-state index contributed by atoms with van der Waals surface area (Å²) >= 11 is 17.7. The van der Waals surface area contributed by atoms with Crippen molar-refractivity contribution in [2.75, 3.05) is 7.11 Å². The van der Waals surface area contributed by atoms with Crippen LogP contribution in [0.25, 0.3) is 0 Å². The first kappa shape index (κ1) is 14.2. The maximum Gasteiger partial charge on any atom is 0.196 e. The first-order valence-electron chi connectivity index (χ1n) is 5.35. The topological polar surface area (TPSA) is 26.3 Å². The molecule has 2 rings (SSSR count). The predicted molar refractivity (Wildman–Crippen MR) is 77.9 cm³/mol. The minimum Gasteiger partial charge on any atom is -0.496 e. The molecule has 0 bridgehead atoms. The molecule has 2 nitrogen and oxygen atoms in total. The van der Waals surface area contributed by atoms with Crippen molar-refractivity contribution in [3.05, 3.63) is 62.6 Å². The zero-order valence-corrected chi connectivity index (χ0v) is 12.2. The van der Waals surface area contributed by atoms with Crippen LogP contribution in [0.4, 0.5) is 0 Å². The standard InChI is InChI=1S/C14H9Cl3O2/c1-19-13-3-2-9(15)7-12(13)14(18)8-4-10(16)6-11(17)5-8/h2-7H,1H3. The summed E-state index contributed by atoms with van der Waals surface area (Å²) in [5, 5.41) is 1.26. The second kappa shape index (κ2) is 5.83. The monoisotopic (exact) mass is 314 g/mol. The van der Waals surface area contributed by atoms with Gasteiger partial charge in [-0.15, -0.1) is 0 Å². The lowest BCUT2D eigenvalue weighted by Gasteiger charge is -2.08. The molecule has 0 radical (unpaired) electrons. The Morgan fingerprint density at radius 3 is 2.16 bits per heavy atom. The molecule has 0 unspecified atom stereocenters. The van der Waals surface area contributed by atoms with Gasteiger partial charge in [-0.1, -0.05) is 34.8 Å². The fourth-order valence-electron chi connectivity index (χ4n) is 1.70. The summed E-state index contributed by atoms with van der Waals surface area (Å²) in [6, 6.07) is 9.52. The molecular weight excluding hydrogens is 307 g/mol. The van der Waals surface area contributed by atoms with Gasteiger partial charge in [0.1, 0.15) is 5.75 Å². The Bertz CT molecular complexity index is 618. The summed E-state index contributed by atoms with van der Waals surface area (Å²) < 4.78 is 5.16. The lowest BCUT2D eigenvalue weighted by Crippen LogP contribution is -2.04. The molecule has 0 saturated carbocycles. The number of ketones is 1. The number of halogens is 3. The molecule has 2 aromatic carbocycles. The lowest BCUT2D eigenvalue weighted by molar-refractivity contribution is 0.103. The minimum absolute atomic E-state index is 0.247. The fraction of sp³-hybridized carbons (Fsp3) is 0.0714. The van der Waals surface area contributed by atoms with E-state index in [1.165, 1.54) is 7.11 Å². The molecule has 0 spiro atoms. The van der Waals surface area contributed by atoms with Gasteiger partial charge in [0.05, 0.1) is 12.7 Å². The van der Waals surface area contributed by atoms with Gasteiger partial charge in [0, 0.05) is 20.6 Å². The van der Waals surface area contributed by atoms with Crippen LogP contribution in [0.1, 0.15) is 15.9 Å². The van der Waals surface area contributed by atoms with Gasteiger partial charge in [0.2, 0.25) is 0 Å². The van der Waals surface area contributed by atoms with Crippen molar-refractivity contribution in [3.63, 3.8) is 0 Å². The molecule has 0 aliphatic rings. The molecule has 0 heterocycles. The van der Waals surface area contributed by atoms with Crippen LogP contribution >= 0.6 is 34.8 Å². The predicted octanol–water partition coefficient (Wildman–Crippen LogP) is 4.89. The van der Waals surface area contributed by atoms with Crippen LogP contribution in [-0.4, -0.2) is 12.9 Å².